The van der Waals surface area contributed by atoms with Gasteiger partial charge >= 0.3 is 5.97 Å². The van der Waals surface area contributed by atoms with Gasteiger partial charge in [-0.25, -0.2) is 13.6 Å². The molecule has 0 aliphatic heterocycles. The van der Waals surface area contributed by atoms with Gasteiger partial charge in [0.05, 0.1) is 12.2 Å². The van der Waals surface area contributed by atoms with Crippen LogP contribution in [0.5, 0.6) is 0 Å². The Morgan fingerprint density at radius 1 is 1.53 bits per heavy atom. The monoisotopic (exact) mass is 215 g/mol. The van der Waals surface area contributed by atoms with Crippen molar-refractivity contribution >= 4 is 5.97 Å². The number of esters is 1. The smallest absolute Gasteiger partial charge is 0.340 e. The van der Waals surface area contributed by atoms with E-state index in [0.717, 1.165) is 0 Å². The normalized spacial score (nSPS) is 10.5. The second-order valence-corrected chi connectivity index (χ2v) is 2.91. The third-order valence-electron chi connectivity index (χ3n) is 1.77. The zero-order valence-electron chi connectivity index (χ0n) is 8.46. The van der Waals surface area contributed by atoms with Crippen molar-refractivity contribution < 1.29 is 18.3 Å². The van der Waals surface area contributed by atoms with E-state index in [4.69, 9.17) is 0 Å². The van der Waals surface area contributed by atoms with E-state index in [1.807, 2.05) is 0 Å². The summed E-state index contributed by atoms with van der Waals surface area (Å²) in [5.41, 5.74) is -0.246. The highest BCUT2D eigenvalue weighted by Gasteiger charge is 2.20. The minimum Gasteiger partial charge on any atom is -0.462 e. The predicted octanol–water partition coefficient (Wildman–Crippen LogP) is 2.50. The molecule has 0 saturated heterocycles. The van der Waals surface area contributed by atoms with Crippen molar-refractivity contribution in [2.45, 2.75) is 20.3 Å². The Morgan fingerprint density at radius 2 is 2.20 bits per heavy atom. The number of carbonyl (C=O) groups is 1. The summed E-state index contributed by atoms with van der Waals surface area (Å²) in [6.07, 6.45) is -2.77. The van der Waals surface area contributed by atoms with E-state index in [9.17, 15) is 13.6 Å². The predicted molar refractivity (Wildman–Crippen MR) is 49.9 cm³/mol. The average Bonchev–Trinajstić information content (AvgIpc) is 2.17. The fourth-order valence-corrected chi connectivity index (χ4v) is 1.12. The van der Waals surface area contributed by atoms with Gasteiger partial charge in [0.1, 0.15) is 5.69 Å². The maximum atomic E-state index is 12.5. The second kappa shape index (κ2) is 4.82. The molecule has 0 spiro atoms. The lowest BCUT2D eigenvalue weighted by Crippen LogP contribution is -2.10. The number of hydrogen-bond acceptors (Lipinski definition) is 3. The lowest BCUT2D eigenvalue weighted by atomic mass is 10.2. The molecule has 0 bridgehead atoms. The highest BCUT2D eigenvalue weighted by molar-refractivity contribution is 5.90. The summed E-state index contributed by atoms with van der Waals surface area (Å²) < 4.78 is 29.7. The van der Waals surface area contributed by atoms with Crippen LogP contribution in [0.25, 0.3) is 0 Å². The maximum Gasteiger partial charge on any atom is 0.340 e. The number of nitrogens with zero attached hydrogens (tertiary/aromatic N) is 1. The van der Waals surface area contributed by atoms with E-state index in [1.54, 1.807) is 13.8 Å². The number of carbonyl (C=O) groups excluding carboxylic acids is 1. The van der Waals surface area contributed by atoms with Crippen molar-refractivity contribution in [2.75, 3.05) is 6.61 Å². The summed E-state index contributed by atoms with van der Waals surface area (Å²) in [6.45, 7) is 3.35. The molecule has 0 atom stereocenters. The molecule has 0 N–H and O–H groups in total. The molecule has 0 aromatic carbocycles. The maximum absolute atomic E-state index is 12.5. The zero-order valence-corrected chi connectivity index (χ0v) is 8.46. The Kier molecular flexibility index (Phi) is 3.71. The first kappa shape index (κ1) is 11.6. The molecule has 0 aliphatic rings. The van der Waals surface area contributed by atoms with E-state index >= 15 is 0 Å². The summed E-state index contributed by atoms with van der Waals surface area (Å²) in [5, 5.41) is 0. The van der Waals surface area contributed by atoms with Crippen molar-refractivity contribution in [2.24, 2.45) is 0 Å². The molecule has 0 amide bonds. The molecule has 1 rings (SSSR count). The highest BCUT2D eigenvalue weighted by atomic mass is 19.3. The topological polar surface area (TPSA) is 39.2 Å². The van der Waals surface area contributed by atoms with Gasteiger partial charge in [0.15, 0.2) is 0 Å². The Bertz CT molecular complexity index is 366. The molecule has 0 radical (unpaired) electrons. The van der Waals surface area contributed by atoms with Crippen LogP contribution in [0.15, 0.2) is 12.1 Å². The Hall–Kier alpha value is -1.52. The number of aromatic nitrogens is 1. The Balaban J connectivity index is 3.11. The van der Waals surface area contributed by atoms with Crippen LogP contribution in [0, 0.1) is 6.92 Å². The van der Waals surface area contributed by atoms with Crippen molar-refractivity contribution in [3.05, 3.63) is 29.1 Å². The Labute approximate surface area is 86.1 Å². The van der Waals surface area contributed by atoms with Gasteiger partial charge in [-0.1, -0.05) is 0 Å². The minimum atomic E-state index is -2.77. The molecule has 15 heavy (non-hydrogen) atoms. The summed E-state index contributed by atoms with van der Waals surface area (Å²) in [5.74, 6) is -0.764. The number of ether oxygens (including phenoxy) is 1. The van der Waals surface area contributed by atoms with E-state index in [2.05, 4.69) is 9.72 Å². The second-order valence-electron chi connectivity index (χ2n) is 2.91. The standard InChI is InChI=1S/C10H11F2NO2/c1-3-15-10(14)7-5-4-6(2)13-8(7)9(11)12/h4-5,9H,3H2,1-2H3. The number of aryl methyl sites for hydroxylation is 1. The lowest BCUT2D eigenvalue weighted by molar-refractivity contribution is 0.0513. The van der Waals surface area contributed by atoms with Crippen LogP contribution in [0.3, 0.4) is 0 Å². The van der Waals surface area contributed by atoms with E-state index < -0.39 is 18.1 Å². The summed E-state index contributed by atoms with van der Waals surface area (Å²) in [4.78, 5) is 14.9. The van der Waals surface area contributed by atoms with Crippen molar-refractivity contribution in [1.82, 2.24) is 4.98 Å². The van der Waals surface area contributed by atoms with Gasteiger partial charge in [-0.15, -0.1) is 0 Å². The average molecular weight is 215 g/mol. The lowest BCUT2D eigenvalue weighted by Gasteiger charge is -2.07. The van der Waals surface area contributed by atoms with Crippen LogP contribution in [-0.2, 0) is 4.74 Å². The van der Waals surface area contributed by atoms with Crippen LogP contribution in [-0.4, -0.2) is 17.6 Å². The van der Waals surface area contributed by atoms with Crippen molar-refractivity contribution in [1.29, 1.82) is 0 Å². The molecule has 1 aromatic heterocycles. The van der Waals surface area contributed by atoms with Gasteiger partial charge < -0.3 is 4.74 Å². The number of rotatable bonds is 3. The third kappa shape index (κ3) is 2.71. The van der Waals surface area contributed by atoms with Gasteiger partial charge in [0, 0.05) is 5.69 Å². The van der Waals surface area contributed by atoms with Crippen molar-refractivity contribution in [3.63, 3.8) is 0 Å². The zero-order chi connectivity index (χ0) is 11.4. The summed E-state index contributed by atoms with van der Waals surface area (Å²) in [7, 11) is 0. The van der Waals surface area contributed by atoms with Crippen LogP contribution in [0.4, 0.5) is 8.78 Å². The molecule has 5 heteroatoms. The van der Waals surface area contributed by atoms with Gasteiger partial charge in [0.25, 0.3) is 6.43 Å². The molecule has 82 valence electrons. The molecule has 0 fully saturated rings. The summed E-state index contributed by atoms with van der Waals surface area (Å²) in [6, 6.07) is 2.81. The van der Waals surface area contributed by atoms with Gasteiger partial charge in [-0.05, 0) is 26.0 Å². The van der Waals surface area contributed by atoms with Gasteiger partial charge in [-0.2, -0.15) is 0 Å². The molecule has 0 unspecified atom stereocenters. The SMILES string of the molecule is CCOC(=O)c1ccc(C)nc1C(F)F. The van der Waals surface area contributed by atoms with Gasteiger partial charge in [-0.3, -0.25) is 4.98 Å². The van der Waals surface area contributed by atoms with Crippen LogP contribution in [0.2, 0.25) is 0 Å². The quantitative estimate of drug-likeness (QED) is 0.727. The first-order chi connectivity index (χ1) is 7.06. The number of hydrogen-bond donors (Lipinski definition) is 0. The third-order valence-corrected chi connectivity index (χ3v) is 1.77. The fraction of sp³-hybridized carbons (Fsp3) is 0.400. The van der Waals surface area contributed by atoms with Crippen molar-refractivity contribution in [3.8, 4) is 0 Å². The van der Waals surface area contributed by atoms with E-state index in [1.165, 1.54) is 12.1 Å². The van der Waals surface area contributed by atoms with E-state index in [-0.39, 0.29) is 12.2 Å². The number of pyridine rings is 1. The first-order valence-corrected chi connectivity index (χ1v) is 4.49. The largest absolute Gasteiger partial charge is 0.462 e. The number of alkyl halides is 2. The molecule has 1 aromatic rings. The van der Waals surface area contributed by atoms with Crippen LogP contribution in [0.1, 0.15) is 35.1 Å². The van der Waals surface area contributed by atoms with Gasteiger partial charge in [0.2, 0.25) is 0 Å². The molecule has 0 aliphatic carbocycles. The van der Waals surface area contributed by atoms with Crippen LogP contribution >= 0.6 is 0 Å². The minimum absolute atomic E-state index is 0.148. The number of halogens is 2. The molecule has 1 heterocycles. The molecular weight excluding hydrogens is 204 g/mol. The molecule has 0 saturated carbocycles. The molecule has 3 nitrogen and oxygen atoms in total. The summed E-state index contributed by atoms with van der Waals surface area (Å²) >= 11 is 0. The molecular formula is C10H11F2NO2. The van der Waals surface area contributed by atoms with E-state index in [0.29, 0.717) is 5.69 Å². The first-order valence-electron chi connectivity index (χ1n) is 4.49. The van der Waals surface area contributed by atoms with Crippen LogP contribution < -0.4 is 0 Å². The highest BCUT2D eigenvalue weighted by Crippen LogP contribution is 2.21. The fourth-order valence-electron chi connectivity index (χ4n) is 1.12. The Morgan fingerprint density at radius 3 is 2.73 bits per heavy atom.